The molecule has 3 heteroatoms. The average molecular weight is 233 g/mol. The van der Waals surface area contributed by atoms with E-state index in [1.54, 1.807) is 0 Å². The number of carbonyl (C=O) groups is 1. The predicted molar refractivity (Wildman–Crippen MR) is 66.3 cm³/mol. The first-order valence-corrected chi connectivity index (χ1v) is 6.31. The van der Waals surface area contributed by atoms with Gasteiger partial charge in [0.2, 0.25) is 0 Å². The van der Waals surface area contributed by atoms with Crippen LogP contribution in [-0.4, -0.2) is 17.6 Å². The molecule has 17 heavy (non-hydrogen) atoms. The number of pyridine rings is 1. The van der Waals surface area contributed by atoms with Crippen LogP contribution in [0.15, 0.2) is 6.07 Å². The second-order valence-electron chi connectivity index (χ2n) is 4.68. The van der Waals surface area contributed by atoms with Gasteiger partial charge in [-0.3, -0.25) is 4.98 Å². The number of nitrogens with zero attached hydrogens (tertiary/aromatic N) is 1. The Morgan fingerprint density at radius 1 is 1.59 bits per heavy atom. The zero-order valence-electron chi connectivity index (χ0n) is 10.7. The van der Waals surface area contributed by atoms with Gasteiger partial charge >= 0.3 is 5.97 Å². The van der Waals surface area contributed by atoms with Crippen LogP contribution in [0.2, 0.25) is 0 Å². The number of fused-ring (bicyclic) bond motifs is 1. The summed E-state index contributed by atoms with van der Waals surface area (Å²) < 4.78 is 5.05. The molecule has 1 unspecified atom stereocenters. The molecule has 0 saturated heterocycles. The monoisotopic (exact) mass is 233 g/mol. The van der Waals surface area contributed by atoms with E-state index in [1.807, 2.05) is 19.9 Å². The molecule has 2 rings (SSSR count). The van der Waals surface area contributed by atoms with Gasteiger partial charge in [-0.05, 0) is 50.7 Å². The SMILES string of the molecule is CCOC(=O)c1cc2c(nc1C)C(C)CCC2. The van der Waals surface area contributed by atoms with Crippen molar-refractivity contribution in [3.8, 4) is 0 Å². The van der Waals surface area contributed by atoms with E-state index < -0.39 is 0 Å². The molecule has 1 aliphatic carbocycles. The van der Waals surface area contributed by atoms with Crippen LogP contribution in [-0.2, 0) is 11.2 Å². The lowest BCUT2D eigenvalue weighted by Gasteiger charge is -2.22. The fourth-order valence-electron chi connectivity index (χ4n) is 2.44. The minimum atomic E-state index is -0.251. The number of rotatable bonds is 2. The number of hydrogen-bond acceptors (Lipinski definition) is 3. The fourth-order valence-corrected chi connectivity index (χ4v) is 2.44. The first-order valence-electron chi connectivity index (χ1n) is 6.31. The fraction of sp³-hybridized carbons (Fsp3) is 0.571. The summed E-state index contributed by atoms with van der Waals surface area (Å²) in [6.07, 6.45) is 3.40. The van der Waals surface area contributed by atoms with Crippen molar-refractivity contribution in [1.29, 1.82) is 0 Å². The van der Waals surface area contributed by atoms with E-state index in [0.29, 0.717) is 18.1 Å². The van der Waals surface area contributed by atoms with Gasteiger partial charge in [0.1, 0.15) is 0 Å². The number of aryl methyl sites for hydroxylation is 2. The Morgan fingerprint density at radius 3 is 3.06 bits per heavy atom. The van der Waals surface area contributed by atoms with E-state index in [1.165, 1.54) is 24.1 Å². The highest BCUT2D eigenvalue weighted by atomic mass is 16.5. The highest BCUT2D eigenvalue weighted by Gasteiger charge is 2.21. The second kappa shape index (κ2) is 4.86. The smallest absolute Gasteiger partial charge is 0.339 e. The molecule has 0 fully saturated rings. The summed E-state index contributed by atoms with van der Waals surface area (Å²) >= 11 is 0. The van der Waals surface area contributed by atoms with Gasteiger partial charge in [-0.25, -0.2) is 4.79 Å². The van der Waals surface area contributed by atoms with Crippen LogP contribution >= 0.6 is 0 Å². The average Bonchev–Trinajstić information content (AvgIpc) is 2.30. The molecule has 0 aromatic carbocycles. The van der Waals surface area contributed by atoms with Crippen LogP contribution in [0.5, 0.6) is 0 Å². The van der Waals surface area contributed by atoms with Gasteiger partial charge in [-0.15, -0.1) is 0 Å². The van der Waals surface area contributed by atoms with Gasteiger partial charge < -0.3 is 4.74 Å². The van der Waals surface area contributed by atoms with Gasteiger partial charge in [-0.1, -0.05) is 6.92 Å². The van der Waals surface area contributed by atoms with Gasteiger partial charge in [-0.2, -0.15) is 0 Å². The number of ether oxygens (including phenoxy) is 1. The zero-order valence-corrected chi connectivity index (χ0v) is 10.7. The molecule has 0 saturated carbocycles. The Morgan fingerprint density at radius 2 is 2.35 bits per heavy atom. The number of esters is 1. The van der Waals surface area contributed by atoms with Gasteiger partial charge in [0.25, 0.3) is 0 Å². The van der Waals surface area contributed by atoms with Crippen LogP contribution in [0, 0.1) is 6.92 Å². The zero-order chi connectivity index (χ0) is 12.4. The molecule has 0 N–H and O–H groups in total. The molecule has 3 nitrogen and oxygen atoms in total. The summed E-state index contributed by atoms with van der Waals surface area (Å²) in [4.78, 5) is 16.4. The summed E-state index contributed by atoms with van der Waals surface area (Å²) in [5.74, 6) is 0.257. The quantitative estimate of drug-likeness (QED) is 0.737. The predicted octanol–water partition coefficient (Wildman–Crippen LogP) is 3.01. The largest absolute Gasteiger partial charge is 0.462 e. The van der Waals surface area contributed by atoms with Crippen molar-refractivity contribution in [3.05, 3.63) is 28.6 Å². The maximum absolute atomic E-state index is 11.8. The summed E-state index contributed by atoms with van der Waals surface area (Å²) in [5.41, 5.74) is 3.80. The number of carbonyl (C=O) groups excluding carboxylic acids is 1. The van der Waals surface area contributed by atoms with Gasteiger partial charge in [0.15, 0.2) is 0 Å². The van der Waals surface area contributed by atoms with E-state index in [4.69, 9.17) is 4.74 Å². The Hall–Kier alpha value is -1.38. The van der Waals surface area contributed by atoms with Crippen molar-refractivity contribution in [2.45, 2.75) is 46.0 Å². The van der Waals surface area contributed by atoms with Crippen LogP contribution in [0.25, 0.3) is 0 Å². The Labute approximate surface area is 102 Å². The molecule has 0 aliphatic heterocycles. The molecule has 0 amide bonds. The summed E-state index contributed by atoms with van der Waals surface area (Å²) in [7, 11) is 0. The minimum Gasteiger partial charge on any atom is -0.462 e. The molecule has 1 aromatic rings. The highest BCUT2D eigenvalue weighted by Crippen LogP contribution is 2.30. The van der Waals surface area contributed by atoms with Crippen molar-refractivity contribution in [2.24, 2.45) is 0 Å². The lowest BCUT2D eigenvalue weighted by atomic mass is 9.87. The highest BCUT2D eigenvalue weighted by molar-refractivity contribution is 5.90. The van der Waals surface area contributed by atoms with Crippen molar-refractivity contribution in [1.82, 2.24) is 4.98 Å². The molecule has 92 valence electrons. The Bertz CT molecular complexity index is 440. The molecule has 1 heterocycles. The van der Waals surface area contributed by atoms with E-state index in [-0.39, 0.29) is 5.97 Å². The molecule has 0 bridgehead atoms. The minimum absolute atomic E-state index is 0.251. The lowest BCUT2D eigenvalue weighted by Crippen LogP contribution is -2.15. The van der Waals surface area contributed by atoms with Crippen molar-refractivity contribution in [3.63, 3.8) is 0 Å². The van der Waals surface area contributed by atoms with E-state index >= 15 is 0 Å². The third kappa shape index (κ3) is 2.33. The first kappa shape index (κ1) is 12.1. The summed E-state index contributed by atoms with van der Waals surface area (Å²) in [5, 5.41) is 0. The molecule has 1 aliphatic rings. The summed E-state index contributed by atoms with van der Waals surface area (Å²) in [6, 6.07) is 1.98. The molecule has 0 spiro atoms. The standard InChI is InChI=1S/C14H19NO2/c1-4-17-14(16)12-8-11-7-5-6-9(2)13(11)15-10(12)3/h8-9H,4-7H2,1-3H3. The normalized spacial score (nSPS) is 18.6. The second-order valence-corrected chi connectivity index (χ2v) is 4.68. The van der Waals surface area contributed by atoms with Gasteiger partial charge in [0, 0.05) is 5.69 Å². The summed E-state index contributed by atoms with van der Waals surface area (Å²) in [6.45, 7) is 6.31. The Balaban J connectivity index is 2.40. The van der Waals surface area contributed by atoms with Crippen LogP contribution in [0.3, 0.4) is 0 Å². The first-order chi connectivity index (χ1) is 8.13. The van der Waals surface area contributed by atoms with Gasteiger partial charge in [0.05, 0.1) is 17.9 Å². The van der Waals surface area contributed by atoms with E-state index in [2.05, 4.69) is 11.9 Å². The number of aromatic nitrogens is 1. The van der Waals surface area contributed by atoms with Crippen molar-refractivity contribution in [2.75, 3.05) is 6.61 Å². The van der Waals surface area contributed by atoms with Crippen LogP contribution < -0.4 is 0 Å². The molecule has 0 radical (unpaired) electrons. The molecular formula is C14H19NO2. The number of hydrogen-bond donors (Lipinski definition) is 0. The molecule has 1 aromatic heterocycles. The van der Waals surface area contributed by atoms with Crippen LogP contribution in [0.1, 0.15) is 59.9 Å². The lowest BCUT2D eigenvalue weighted by molar-refractivity contribution is 0.0524. The Kier molecular flexibility index (Phi) is 3.46. The van der Waals surface area contributed by atoms with Crippen LogP contribution in [0.4, 0.5) is 0 Å². The van der Waals surface area contributed by atoms with E-state index in [9.17, 15) is 4.79 Å². The van der Waals surface area contributed by atoms with Crippen molar-refractivity contribution >= 4 is 5.97 Å². The molecular weight excluding hydrogens is 214 g/mol. The van der Waals surface area contributed by atoms with E-state index in [0.717, 1.165) is 12.1 Å². The maximum atomic E-state index is 11.8. The van der Waals surface area contributed by atoms with Crippen molar-refractivity contribution < 1.29 is 9.53 Å². The third-order valence-electron chi connectivity index (χ3n) is 3.37. The molecule has 1 atom stereocenters. The third-order valence-corrected chi connectivity index (χ3v) is 3.37. The topological polar surface area (TPSA) is 39.2 Å². The maximum Gasteiger partial charge on any atom is 0.339 e.